The van der Waals surface area contributed by atoms with Gasteiger partial charge in [0.15, 0.2) is 0 Å². The molecule has 116 valence electrons. The SMILES string of the molecule is CCc1ccc(S(=O)(=O)N2CCOC[C@H]2C)cc1C(=O)O. The molecule has 1 N–H and O–H groups in total. The fraction of sp³-hybridized carbons (Fsp3) is 0.500. The first-order chi connectivity index (χ1) is 9.87. The van der Waals surface area contributed by atoms with Crippen molar-refractivity contribution in [2.75, 3.05) is 19.8 Å². The zero-order chi connectivity index (χ0) is 15.6. The van der Waals surface area contributed by atoms with Gasteiger partial charge in [-0.3, -0.25) is 0 Å². The Labute approximate surface area is 124 Å². The molecule has 1 heterocycles. The van der Waals surface area contributed by atoms with Crippen molar-refractivity contribution < 1.29 is 23.1 Å². The summed E-state index contributed by atoms with van der Waals surface area (Å²) in [6.45, 7) is 4.58. The van der Waals surface area contributed by atoms with Crippen molar-refractivity contribution in [3.63, 3.8) is 0 Å². The van der Waals surface area contributed by atoms with Crippen molar-refractivity contribution in [3.8, 4) is 0 Å². The molecule has 0 unspecified atom stereocenters. The molecule has 1 aromatic carbocycles. The summed E-state index contributed by atoms with van der Waals surface area (Å²) in [7, 11) is -3.70. The summed E-state index contributed by atoms with van der Waals surface area (Å²) in [5, 5.41) is 9.22. The molecule has 1 atom stereocenters. The largest absolute Gasteiger partial charge is 0.478 e. The van der Waals surface area contributed by atoms with Crippen molar-refractivity contribution in [1.82, 2.24) is 4.31 Å². The van der Waals surface area contributed by atoms with Crippen LogP contribution in [0.5, 0.6) is 0 Å². The fourth-order valence-electron chi connectivity index (χ4n) is 2.43. The minimum atomic E-state index is -3.70. The molecule has 6 nitrogen and oxygen atoms in total. The summed E-state index contributed by atoms with van der Waals surface area (Å²) in [6.07, 6.45) is 0.538. The Morgan fingerprint density at radius 3 is 2.76 bits per heavy atom. The van der Waals surface area contributed by atoms with Crippen LogP contribution in [0.1, 0.15) is 29.8 Å². The number of aryl methyl sites for hydroxylation is 1. The number of carboxylic acid groups (broad SMARTS) is 1. The van der Waals surface area contributed by atoms with Crippen molar-refractivity contribution in [3.05, 3.63) is 29.3 Å². The summed E-state index contributed by atoms with van der Waals surface area (Å²) >= 11 is 0. The summed E-state index contributed by atoms with van der Waals surface area (Å²) in [4.78, 5) is 11.3. The van der Waals surface area contributed by atoms with Gasteiger partial charge in [-0.15, -0.1) is 0 Å². The molecule has 1 fully saturated rings. The Hall–Kier alpha value is -1.44. The number of ether oxygens (including phenoxy) is 1. The predicted octanol–water partition coefficient (Wildman–Crippen LogP) is 1.36. The van der Waals surface area contributed by atoms with E-state index in [-0.39, 0.29) is 23.0 Å². The number of morpholine rings is 1. The number of carbonyl (C=O) groups is 1. The molecule has 1 aromatic rings. The first-order valence-electron chi connectivity index (χ1n) is 6.83. The predicted molar refractivity (Wildman–Crippen MR) is 77.0 cm³/mol. The van der Waals surface area contributed by atoms with E-state index in [0.29, 0.717) is 25.2 Å². The van der Waals surface area contributed by atoms with Gasteiger partial charge >= 0.3 is 5.97 Å². The Balaban J connectivity index is 2.45. The van der Waals surface area contributed by atoms with E-state index in [9.17, 15) is 18.3 Å². The van der Waals surface area contributed by atoms with Crippen LogP contribution in [-0.4, -0.2) is 49.6 Å². The van der Waals surface area contributed by atoms with E-state index >= 15 is 0 Å². The average molecular weight is 313 g/mol. The molecule has 21 heavy (non-hydrogen) atoms. The zero-order valence-corrected chi connectivity index (χ0v) is 12.9. The van der Waals surface area contributed by atoms with Crippen LogP contribution in [0.15, 0.2) is 23.1 Å². The van der Waals surface area contributed by atoms with E-state index < -0.39 is 16.0 Å². The van der Waals surface area contributed by atoms with Gasteiger partial charge in [0, 0.05) is 12.6 Å². The first kappa shape index (κ1) is 15.9. The molecule has 1 saturated heterocycles. The van der Waals surface area contributed by atoms with Gasteiger partial charge in [0.1, 0.15) is 0 Å². The van der Waals surface area contributed by atoms with Crippen molar-refractivity contribution in [2.24, 2.45) is 0 Å². The number of aromatic carboxylic acids is 1. The van der Waals surface area contributed by atoms with Gasteiger partial charge in [-0.1, -0.05) is 13.0 Å². The quantitative estimate of drug-likeness (QED) is 0.907. The number of sulfonamides is 1. The molecule has 0 bridgehead atoms. The maximum Gasteiger partial charge on any atom is 0.336 e. The average Bonchev–Trinajstić information content (AvgIpc) is 2.46. The van der Waals surface area contributed by atoms with Gasteiger partial charge in [-0.05, 0) is 31.0 Å². The lowest BCUT2D eigenvalue weighted by atomic mass is 10.1. The molecular formula is C14H19NO5S. The van der Waals surface area contributed by atoms with Gasteiger partial charge in [0.25, 0.3) is 0 Å². The van der Waals surface area contributed by atoms with Crippen LogP contribution in [0.4, 0.5) is 0 Å². The van der Waals surface area contributed by atoms with Crippen molar-refractivity contribution >= 4 is 16.0 Å². The van der Waals surface area contributed by atoms with Crippen LogP contribution in [0.3, 0.4) is 0 Å². The normalized spacial score (nSPS) is 20.4. The number of hydrogen-bond donors (Lipinski definition) is 1. The third-order valence-electron chi connectivity index (χ3n) is 3.61. The smallest absolute Gasteiger partial charge is 0.336 e. The molecule has 0 aliphatic carbocycles. The molecule has 1 aliphatic heterocycles. The van der Waals surface area contributed by atoms with E-state index in [2.05, 4.69) is 0 Å². The van der Waals surface area contributed by atoms with Crippen molar-refractivity contribution in [2.45, 2.75) is 31.2 Å². The highest BCUT2D eigenvalue weighted by atomic mass is 32.2. The second kappa shape index (κ2) is 6.13. The Bertz CT molecular complexity index is 641. The molecule has 0 radical (unpaired) electrons. The van der Waals surface area contributed by atoms with Gasteiger partial charge in [0.2, 0.25) is 10.0 Å². The topological polar surface area (TPSA) is 83.9 Å². The summed E-state index contributed by atoms with van der Waals surface area (Å²) in [5.74, 6) is -1.11. The van der Waals surface area contributed by atoms with E-state index in [1.807, 2.05) is 6.92 Å². The third kappa shape index (κ3) is 3.09. The minimum Gasteiger partial charge on any atom is -0.478 e. The van der Waals surface area contributed by atoms with E-state index in [1.165, 1.54) is 16.4 Å². The first-order valence-corrected chi connectivity index (χ1v) is 8.27. The molecule has 0 amide bonds. The standard InChI is InChI=1S/C14H19NO5S/c1-3-11-4-5-12(8-13(11)14(16)17)21(18,19)15-6-7-20-9-10(15)2/h4-5,8,10H,3,6-7,9H2,1-2H3,(H,16,17)/t10-/m1/s1. The highest BCUT2D eigenvalue weighted by molar-refractivity contribution is 7.89. The molecule has 2 rings (SSSR count). The van der Waals surface area contributed by atoms with Crippen LogP contribution < -0.4 is 0 Å². The molecule has 1 aliphatic rings. The van der Waals surface area contributed by atoms with Crippen LogP contribution in [0, 0.1) is 0 Å². The van der Waals surface area contributed by atoms with Gasteiger partial charge < -0.3 is 9.84 Å². The van der Waals surface area contributed by atoms with Crippen molar-refractivity contribution in [1.29, 1.82) is 0 Å². The summed E-state index contributed by atoms with van der Waals surface area (Å²) in [6, 6.07) is 4.03. The maximum absolute atomic E-state index is 12.6. The summed E-state index contributed by atoms with van der Waals surface area (Å²) in [5.41, 5.74) is 0.663. The number of hydrogen-bond acceptors (Lipinski definition) is 4. The van der Waals surface area contributed by atoms with Gasteiger partial charge in [0.05, 0.1) is 23.7 Å². The maximum atomic E-state index is 12.6. The molecular weight excluding hydrogens is 294 g/mol. The molecule has 0 spiro atoms. The zero-order valence-electron chi connectivity index (χ0n) is 12.1. The third-order valence-corrected chi connectivity index (χ3v) is 5.62. The number of carboxylic acids is 1. The fourth-order valence-corrected chi connectivity index (χ4v) is 4.05. The van der Waals surface area contributed by atoms with E-state index in [0.717, 1.165) is 0 Å². The van der Waals surface area contributed by atoms with Gasteiger partial charge in [-0.25, -0.2) is 13.2 Å². The molecule has 0 saturated carbocycles. The highest BCUT2D eigenvalue weighted by Crippen LogP contribution is 2.23. The Morgan fingerprint density at radius 2 is 2.19 bits per heavy atom. The number of rotatable bonds is 4. The lowest BCUT2D eigenvalue weighted by molar-refractivity contribution is 0.0392. The van der Waals surface area contributed by atoms with Crippen LogP contribution in [0.2, 0.25) is 0 Å². The van der Waals surface area contributed by atoms with E-state index in [1.54, 1.807) is 13.0 Å². The monoisotopic (exact) mass is 313 g/mol. The van der Waals surface area contributed by atoms with Crippen LogP contribution in [-0.2, 0) is 21.2 Å². The molecule has 7 heteroatoms. The lowest BCUT2D eigenvalue weighted by Crippen LogP contribution is -2.46. The highest BCUT2D eigenvalue weighted by Gasteiger charge is 2.32. The Morgan fingerprint density at radius 1 is 1.48 bits per heavy atom. The second-order valence-corrected chi connectivity index (χ2v) is 6.91. The molecule has 0 aromatic heterocycles. The minimum absolute atomic E-state index is 0.0193. The number of benzene rings is 1. The number of nitrogens with zero attached hydrogens (tertiary/aromatic N) is 1. The van der Waals surface area contributed by atoms with Crippen LogP contribution in [0.25, 0.3) is 0 Å². The van der Waals surface area contributed by atoms with E-state index in [4.69, 9.17) is 4.74 Å². The van der Waals surface area contributed by atoms with Crippen LogP contribution >= 0.6 is 0 Å². The lowest BCUT2D eigenvalue weighted by Gasteiger charge is -2.32. The summed E-state index contributed by atoms with van der Waals surface area (Å²) < 4.78 is 31.9. The second-order valence-electron chi connectivity index (χ2n) is 5.02. The van der Waals surface area contributed by atoms with Gasteiger partial charge in [-0.2, -0.15) is 4.31 Å². The Kier molecular flexibility index (Phi) is 4.65.